The minimum absolute atomic E-state index is 0.271. The molecule has 0 fully saturated rings. The van der Waals surface area contributed by atoms with Gasteiger partial charge >= 0.3 is 0 Å². The highest BCUT2D eigenvalue weighted by Gasteiger charge is 2.32. The number of hydrogen-bond acceptors (Lipinski definition) is 8. The van der Waals surface area contributed by atoms with Crippen molar-refractivity contribution in [2.75, 3.05) is 32.4 Å². The number of nitrogens with one attached hydrogen (secondary N) is 2. The molecule has 0 aliphatic carbocycles. The monoisotopic (exact) mass is 512 g/mol. The predicted molar refractivity (Wildman–Crippen MR) is 140 cm³/mol. The van der Waals surface area contributed by atoms with E-state index in [1.54, 1.807) is 57.4 Å². The zero-order chi connectivity index (χ0) is 24.8. The molecule has 0 aromatic heterocycles. The number of amides is 1. The van der Waals surface area contributed by atoms with E-state index in [2.05, 4.69) is 17.6 Å². The van der Waals surface area contributed by atoms with E-state index in [0.29, 0.717) is 23.0 Å². The summed E-state index contributed by atoms with van der Waals surface area (Å²) in [5.41, 5.74) is 1.13. The Balaban J connectivity index is 1.56. The first-order valence-electron chi connectivity index (χ1n) is 11.1. The summed E-state index contributed by atoms with van der Waals surface area (Å²) >= 11 is 3.20. The Morgan fingerprint density at radius 3 is 2.23 bits per heavy atom. The topological polar surface area (TPSA) is 78.1 Å². The molecule has 3 aromatic carbocycles. The van der Waals surface area contributed by atoms with Crippen LogP contribution >= 0.6 is 23.5 Å². The fourth-order valence-electron chi connectivity index (χ4n) is 3.65. The van der Waals surface area contributed by atoms with Crippen molar-refractivity contribution in [3.05, 3.63) is 66.2 Å². The molecule has 1 amide bonds. The van der Waals surface area contributed by atoms with Gasteiger partial charge in [-0.05, 0) is 54.3 Å². The normalized spacial score (nSPS) is 14.9. The van der Waals surface area contributed by atoms with Crippen molar-refractivity contribution in [2.45, 2.75) is 28.3 Å². The van der Waals surface area contributed by atoms with Crippen LogP contribution in [0.15, 0.2) is 70.5 Å². The Labute approximate surface area is 213 Å². The summed E-state index contributed by atoms with van der Waals surface area (Å²) < 4.78 is 22.4. The zero-order valence-corrected chi connectivity index (χ0v) is 21.6. The van der Waals surface area contributed by atoms with E-state index in [4.69, 9.17) is 18.9 Å². The Morgan fingerprint density at radius 1 is 0.943 bits per heavy atom. The molecule has 2 unspecified atom stereocenters. The van der Waals surface area contributed by atoms with Crippen LogP contribution in [0.2, 0.25) is 0 Å². The molecular weight excluding hydrogens is 484 g/mol. The average Bonchev–Trinajstić information content (AvgIpc) is 3.31. The van der Waals surface area contributed by atoms with Crippen molar-refractivity contribution in [3.63, 3.8) is 0 Å². The van der Waals surface area contributed by atoms with E-state index in [1.807, 2.05) is 36.4 Å². The number of benzene rings is 3. The van der Waals surface area contributed by atoms with Gasteiger partial charge in [-0.3, -0.25) is 4.79 Å². The largest absolute Gasteiger partial charge is 0.497 e. The first-order chi connectivity index (χ1) is 17.1. The van der Waals surface area contributed by atoms with Crippen molar-refractivity contribution in [1.82, 2.24) is 5.32 Å². The summed E-state index contributed by atoms with van der Waals surface area (Å²) in [6.45, 7) is 2.11. The molecule has 0 saturated carbocycles. The summed E-state index contributed by atoms with van der Waals surface area (Å²) in [6.07, 6.45) is -0.848. The SMILES string of the molecule is CCSc1ccc(C(Oc2ccc(OC)cc2)C(=O)NC2Nc3c(OC)ccc(OC)c3S2)cc1. The minimum Gasteiger partial charge on any atom is -0.497 e. The molecular formula is C26H28N2O5S2. The molecule has 2 atom stereocenters. The van der Waals surface area contributed by atoms with Gasteiger partial charge in [0, 0.05) is 10.5 Å². The lowest BCUT2D eigenvalue weighted by atomic mass is 10.1. The first kappa shape index (κ1) is 24.9. The highest BCUT2D eigenvalue weighted by molar-refractivity contribution is 8.00. The molecule has 7 nitrogen and oxygen atoms in total. The van der Waals surface area contributed by atoms with Crippen LogP contribution in [0.5, 0.6) is 23.0 Å². The van der Waals surface area contributed by atoms with Crippen LogP contribution in [-0.4, -0.2) is 38.5 Å². The summed E-state index contributed by atoms with van der Waals surface area (Å²) in [5.74, 6) is 3.38. The van der Waals surface area contributed by atoms with E-state index < -0.39 is 11.6 Å². The maximum atomic E-state index is 13.5. The lowest BCUT2D eigenvalue weighted by molar-refractivity contribution is -0.128. The second-order valence-corrected chi connectivity index (χ2v) is 9.95. The molecule has 1 aliphatic rings. The molecule has 2 N–H and O–H groups in total. The molecule has 9 heteroatoms. The number of methoxy groups -OCH3 is 3. The Kier molecular flexibility index (Phi) is 8.20. The zero-order valence-electron chi connectivity index (χ0n) is 20.0. The molecule has 0 saturated heterocycles. The molecule has 1 aliphatic heterocycles. The second kappa shape index (κ2) is 11.5. The van der Waals surface area contributed by atoms with Crippen molar-refractivity contribution in [1.29, 1.82) is 0 Å². The van der Waals surface area contributed by atoms with Gasteiger partial charge in [0.2, 0.25) is 6.10 Å². The molecule has 3 aromatic rings. The first-order valence-corrected chi connectivity index (χ1v) is 12.9. The minimum atomic E-state index is -0.848. The Bertz CT molecular complexity index is 1120. The lowest BCUT2D eigenvalue weighted by Crippen LogP contribution is -2.40. The van der Waals surface area contributed by atoms with Crippen LogP contribution in [0.25, 0.3) is 0 Å². The number of rotatable bonds is 10. The smallest absolute Gasteiger partial charge is 0.268 e. The number of carbonyl (C=O) groups excluding carboxylic acids is 1. The van der Waals surface area contributed by atoms with Crippen LogP contribution in [0, 0.1) is 0 Å². The molecule has 1 heterocycles. The van der Waals surface area contributed by atoms with Gasteiger partial charge in [-0.15, -0.1) is 11.8 Å². The molecule has 35 heavy (non-hydrogen) atoms. The summed E-state index contributed by atoms with van der Waals surface area (Å²) in [6, 6.07) is 18.7. The fraction of sp³-hybridized carbons (Fsp3) is 0.269. The van der Waals surface area contributed by atoms with Gasteiger partial charge in [-0.25, -0.2) is 0 Å². The third-order valence-electron chi connectivity index (χ3n) is 5.35. The third-order valence-corrected chi connectivity index (χ3v) is 7.36. The third kappa shape index (κ3) is 5.74. The number of thioether (sulfide) groups is 2. The van der Waals surface area contributed by atoms with E-state index >= 15 is 0 Å². The molecule has 0 spiro atoms. The summed E-state index contributed by atoms with van der Waals surface area (Å²) in [7, 11) is 4.84. The van der Waals surface area contributed by atoms with E-state index in [-0.39, 0.29) is 5.91 Å². The van der Waals surface area contributed by atoms with Crippen molar-refractivity contribution in [2.24, 2.45) is 0 Å². The van der Waals surface area contributed by atoms with Crippen molar-refractivity contribution >= 4 is 35.1 Å². The quantitative estimate of drug-likeness (QED) is 0.342. The van der Waals surface area contributed by atoms with Crippen LogP contribution in [0.3, 0.4) is 0 Å². The maximum Gasteiger partial charge on any atom is 0.268 e. The summed E-state index contributed by atoms with van der Waals surface area (Å²) in [5, 5.41) is 6.38. The number of anilines is 1. The van der Waals surface area contributed by atoms with Crippen LogP contribution in [-0.2, 0) is 4.79 Å². The van der Waals surface area contributed by atoms with Crippen LogP contribution in [0.4, 0.5) is 5.69 Å². The van der Waals surface area contributed by atoms with E-state index in [0.717, 1.165) is 26.8 Å². The Hall–Kier alpha value is -3.17. The number of hydrogen-bond donors (Lipinski definition) is 2. The molecule has 184 valence electrons. The van der Waals surface area contributed by atoms with Crippen LogP contribution in [0.1, 0.15) is 18.6 Å². The standard InChI is InChI=1S/C26H28N2O5S2/c1-5-34-19-12-6-16(7-13-19)23(33-18-10-8-17(30-2)9-11-18)25(29)28-26-27-22-20(31-3)14-15-21(32-4)24(22)35-26/h6-15,23,26-27H,5H2,1-4H3,(H,28,29). The van der Waals surface area contributed by atoms with Gasteiger partial charge in [0.15, 0.2) is 5.50 Å². The van der Waals surface area contributed by atoms with Gasteiger partial charge in [0.05, 0.1) is 31.9 Å². The van der Waals surface area contributed by atoms with Gasteiger partial charge in [-0.2, -0.15) is 0 Å². The summed E-state index contributed by atoms with van der Waals surface area (Å²) in [4.78, 5) is 15.5. The van der Waals surface area contributed by atoms with E-state index in [9.17, 15) is 4.79 Å². The number of ether oxygens (including phenoxy) is 4. The highest BCUT2D eigenvalue weighted by atomic mass is 32.2. The Morgan fingerprint density at radius 2 is 1.60 bits per heavy atom. The van der Waals surface area contributed by atoms with Crippen molar-refractivity contribution in [3.8, 4) is 23.0 Å². The van der Waals surface area contributed by atoms with Crippen molar-refractivity contribution < 1.29 is 23.7 Å². The number of fused-ring (bicyclic) bond motifs is 1. The van der Waals surface area contributed by atoms with Gasteiger partial charge in [-0.1, -0.05) is 30.8 Å². The predicted octanol–water partition coefficient (Wildman–Crippen LogP) is 5.56. The van der Waals surface area contributed by atoms with E-state index in [1.165, 1.54) is 11.8 Å². The van der Waals surface area contributed by atoms with Crippen LogP contribution < -0.4 is 29.6 Å². The second-order valence-electron chi connectivity index (χ2n) is 7.50. The highest BCUT2D eigenvalue weighted by Crippen LogP contribution is 2.48. The lowest BCUT2D eigenvalue weighted by Gasteiger charge is -2.22. The molecule has 0 radical (unpaired) electrons. The van der Waals surface area contributed by atoms with Gasteiger partial charge in [0.1, 0.15) is 23.0 Å². The van der Waals surface area contributed by atoms with Gasteiger partial charge < -0.3 is 29.6 Å². The molecule has 4 rings (SSSR count). The molecule has 0 bridgehead atoms. The fourth-order valence-corrected chi connectivity index (χ4v) is 5.44. The maximum absolute atomic E-state index is 13.5. The van der Waals surface area contributed by atoms with Gasteiger partial charge in [0.25, 0.3) is 5.91 Å². The average molecular weight is 513 g/mol. The number of carbonyl (C=O) groups is 1.